The van der Waals surface area contributed by atoms with Crippen LogP contribution in [0, 0.1) is 11.6 Å². The Balaban J connectivity index is 1.45. The lowest BCUT2D eigenvalue weighted by atomic mass is 10.1. The maximum absolute atomic E-state index is 13.4. The van der Waals surface area contributed by atoms with E-state index >= 15 is 0 Å². The standard InChI is InChI=1S/C20H17F2N5O3S/c1-27-11-13(4-12-8-25-26-19(12)27)20(28)24-9-16-2-3-17(10-23-16)31(29,30)18-6-14(21)5-15(22)7-18/h2-8,10H,9,11H2,1H3,(H,24,28)(H,25,26). The molecule has 0 atom stereocenters. The minimum absolute atomic E-state index is 0.0764. The molecule has 160 valence electrons. The Bertz CT molecular complexity index is 1270. The van der Waals surface area contributed by atoms with Crippen molar-refractivity contribution in [2.75, 3.05) is 18.5 Å². The molecule has 1 aliphatic heterocycles. The van der Waals surface area contributed by atoms with Crippen LogP contribution in [0.3, 0.4) is 0 Å². The number of sulfone groups is 1. The van der Waals surface area contributed by atoms with E-state index in [4.69, 9.17) is 0 Å². The second-order valence-corrected chi connectivity index (χ2v) is 8.93. The Morgan fingerprint density at radius 1 is 1.16 bits per heavy atom. The number of hydrogen-bond donors (Lipinski definition) is 2. The molecule has 1 amide bonds. The number of rotatable bonds is 5. The van der Waals surface area contributed by atoms with Crippen molar-refractivity contribution in [2.45, 2.75) is 16.3 Å². The second kappa shape index (κ2) is 7.91. The molecule has 0 aliphatic carbocycles. The summed E-state index contributed by atoms with van der Waals surface area (Å²) in [7, 11) is -2.30. The number of nitrogens with zero attached hydrogens (tertiary/aromatic N) is 3. The van der Waals surface area contributed by atoms with E-state index < -0.39 is 26.4 Å². The number of carbonyl (C=O) groups excluding carboxylic acids is 1. The van der Waals surface area contributed by atoms with Crippen LogP contribution in [0.4, 0.5) is 14.6 Å². The summed E-state index contributed by atoms with van der Waals surface area (Å²) in [5.74, 6) is -1.44. The zero-order valence-electron chi connectivity index (χ0n) is 16.3. The van der Waals surface area contributed by atoms with Crippen LogP contribution in [-0.4, -0.2) is 43.1 Å². The summed E-state index contributed by atoms with van der Waals surface area (Å²) in [5, 5.41) is 9.56. The largest absolute Gasteiger partial charge is 0.355 e. The first kappa shape index (κ1) is 20.7. The number of benzene rings is 1. The predicted molar refractivity (Wildman–Crippen MR) is 108 cm³/mol. The molecular formula is C20H17F2N5O3S. The number of likely N-dealkylation sites (N-methyl/N-ethyl adjacent to an activating group) is 1. The quantitative estimate of drug-likeness (QED) is 0.623. The molecule has 31 heavy (non-hydrogen) atoms. The zero-order chi connectivity index (χ0) is 22.2. The molecule has 0 bridgehead atoms. The van der Waals surface area contributed by atoms with Gasteiger partial charge in [-0.15, -0.1) is 0 Å². The summed E-state index contributed by atoms with van der Waals surface area (Å²) in [4.78, 5) is 17.7. The molecule has 0 radical (unpaired) electrons. The fourth-order valence-electron chi connectivity index (χ4n) is 3.18. The van der Waals surface area contributed by atoms with Crippen LogP contribution in [0.2, 0.25) is 0 Å². The number of hydrogen-bond acceptors (Lipinski definition) is 6. The molecule has 11 heteroatoms. The zero-order valence-corrected chi connectivity index (χ0v) is 17.1. The van der Waals surface area contributed by atoms with Gasteiger partial charge in [-0.25, -0.2) is 17.2 Å². The third-order valence-corrected chi connectivity index (χ3v) is 6.46. The predicted octanol–water partition coefficient (Wildman–Crippen LogP) is 2.07. The van der Waals surface area contributed by atoms with Crippen LogP contribution in [0.5, 0.6) is 0 Å². The van der Waals surface area contributed by atoms with Gasteiger partial charge in [0.2, 0.25) is 15.7 Å². The molecule has 1 aliphatic rings. The summed E-state index contributed by atoms with van der Waals surface area (Å²) in [6, 6.07) is 4.78. The van der Waals surface area contributed by atoms with Gasteiger partial charge in [0, 0.05) is 37.0 Å². The van der Waals surface area contributed by atoms with E-state index in [1.807, 2.05) is 11.9 Å². The van der Waals surface area contributed by atoms with Gasteiger partial charge < -0.3 is 10.2 Å². The fraction of sp³-hybridized carbons (Fsp3) is 0.150. The molecule has 0 spiro atoms. The highest BCUT2D eigenvalue weighted by Gasteiger charge is 2.22. The Morgan fingerprint density at radius 2 is 1.90 bits per heavy atom. The van der Waals surface area contributed by atoms with Crippen molar-refractivity contribution in [3.05, 3.63) is 71.2 Å². The second-order valence-electron chi connectivity index (χ2n) is 6.98. The van der Waals surface area contributed by atoms with Gasteiger partial charge in [-0.3, -0.25) is 14.9 Å². The first-order chi connectivity index (χ1) is 14.7. The van der Waals surface area contributed by atoms with Crippen LogP contribution in [0.1, 0.15) is 11.3 Å². The first-order valence-electron chi connectivity index (χ1n) is 9.13. The topological polar surface area (TPSA) is 108 Å². The third kappa shape index (κ3) is 4.17. The number of aromatic nitrogens is 3. The Morgan fingerprint density at radius 3 is 2.58 bits per heavy atom. The number of fused-ring (bicyclic) bond motifs is 1. The molecule has 4 rings (SSSR count). The lowest BCUT2D eigenvalue weighted by Crippen LogP contribution is -2.33. The first-order valence-corrected chi connectivity index (χ1v) is 10.6. The Labute approximate surface area is 176 Å². The van der Waals surface area contributed by atoms with E-state index in [2.05, 4.69) is 20.5 Å². The normalized spacial score (nSPS) is 13.5. The Hall–Kier alpha value is -3.60. The molecule has 3 aromatic rings. The maximum atomic E-state index is 13.4. The molecule has 2 N–H and O–H groups in total. The Kier molecular flexibility index (Phi) is 5.27. The third-order valence-electron chi connectivity index (χ3n) is 4.74. The van der Waals surface area contributed by atoms with E-state index in [-0.39, 0.29) is 17.3 Å². The van der Waals surface area contributed by atoms with Crippen LogP contribution < -0.4 is 10.2 Å². The van der Waals surface area contributed by atoms with Crippen LogP contribution >= 0.6 is 0 Å². The average molecular weight is 445 g/mol. The van der Waals surface area contributed by atoms with Crippen molar-refractivity contribution in [3.8, 4) is 0 Å². The highest BCUT2D eigenvalue weighted by Crippen LogP contribution is 2.25. The number of amides is 1. The van der Waals surface area contributed by atoms with Crippen molar-refractivity contribution in [1.29, 1.82) is 0 Å². The average Bonchev–Trinajstić information content (AvgIpc) is 3.21. The van der Waals surface area contributed by atoms with E-state index in [1.165, 1.54) is 12.1 Å². The highest BCUT2D eigenvalue weighted by atomic mass is 32.2. The monoisotopic (exact) mass is 445 g/mol. The van der Waals surface area contributed by atoms with Crippen molar-refractivity contribution < 1.29 is 22.0 Å². The molecule has 8 nitrogen and oxygen atoms in total. The van der Waals surface area contributed by atoms with Gasteiger partial charge in [-0.2, -0.15) is 5.10 Å². The lowest BCUT2D eigenvalue weighted by Gasteiger charge is -2.23. The van der Waals surface area contributed by atoms with Crippen molar-refractivity contribution in [1.82, 2.24) is 20.5 Å². The van der Waals surface area contributed by atoms with Crippen LogP contribution in [0.15, 0.2) is 58.1 Å². The highest BCUT2D eigenvalue weighted by molar-refractivity contribution is 7.91. The molecular weight excluding hydrogens is 428 g/mol. The molecule has 2 aromatic heterocycles. The number of nitrogens with one attached hydrogen (secondary N) is 2. The van der Waals surface area contributed by atoms with Crippen molar-refractivity contribution in [2.24, 2.45) is 0 Å². The van der Waals surface area contributed by atoms with Gasteiger partial charge in [-0.1, -0.05) is 0 Å². The number of carbonyl (C=O) groups is 1. The van der Waals surface area contributed by atoms with Gasteiger partial charge in [0.05, 0.1) is 28.2 Å². The summed E-state index contributed by atoms with van der Waals surface area (Å²) >= 11 is 0. The van der Waals surface area contributed by atoms with Gasteiger partial charge in [-0.05, 0) is 30.3 Å². The lowest BCUT2D eigenvalue weighted by molar-refractivity contribution is -0.117. The summed E-state index contributed by atoms with van der Waals surface area (Å²) in [6.45, 7) is 0.475. The van der Waals surface area contributed by atoms with Crippen molar-refractivity contribution in [3.63, 3.8) is 0 Å². The molecule has 0 fully saturated rings. The van der Waals surface area contributed by atoms with Crippen LogP contribution in [0.25, 0.3) is 6.08 Å². The summed E-state index contributed by atoms with van der Waals surface area (Å²) in [6.07, 6.45) is 4.46. The number of anilines is 1. The molecule has 3 heterocycles. The fourth-order valence-corrected chi connectivity index (χ4v) is 4.43. The summed E-state index contributed by atoms with van der Waals surface area (Å²) in [5.41, 5.74) is 1.77. The van der Waals surface area contributed by atoms with Gasteiger partial charge in [0.25, 0.3) is 0 Å². The number of pyridine rings is 1. The molecule has 0 saturated carbocycles. The van der Waals surface area contributed by atoms with Gasteiger partial charge in [0.1, 0.15) is 17.5 Å². The van der Waals surface area contributed by atoms with E-state index in [0.717, 1.165) is 29.7 Å². The molecule has 0 saturated heterocycles. The SMILES string of the molecule is CN1CC(C(=O)NCc2ccc(S(=O)(=O)c3cc(F)cc(F)c3)cn2)=Cc2cn[nH]c21. The molecule has 1 aromatic carbocycles. The minimum Gasteiger partial charge on any atom is -0.355 e. The van der Waals surface area contributed by atoms with Crippen LogP contribution in [-0.2, 0) is 21.2 Å². The van der Waals surface area contributed by atoms with Gasteiger partial charge >= 0.3 is 0 Å². The summed E-state index contributed by atoms with van der Waals surface area (Å²) < 4.78 is 51.9. The minimum atomic E-state index is -4.13. The van der Waals surface area contributed by atoms with E-state index in [0.29, 0.717) is 23.9 Å². The number of H-pyrrole nitrogens is 1. The van der Waals surface area contributed by atoms with E-state index in [1.54, 1.807) is 12.3 Å². The smallest absolute Gasteiger partial charge is 0.249 e. The van der Waals surface area contributed by atoms with E-state index in [9.17, 15) is 22.0 Å². The maximum Gasteiger partial charge on any atom is 0.249 e. The molecule has 0 unspecified atom stereocenters. The number of halogens is 2. The van der Waals surface area contributed by atoms with Gasteiger partial charge in [0.15, 0.2) is 0 Å². The van der Waals surface area contributed by atoms with Crippen molar-refractivity contribution >= 4 is 27.6 Å². The number of aromatic amines is 1.